The minimum Gasteiger partial charge on any atom is -0.377 e. The van der Waals surface area contributed by atoms with E-state index in [0.29, 0.717) is 26.3 Å². The molecule has 0 atom stereocenters. The van der Waals surface area contributed by atoms with Crippen LogP contribution in [0, 0.1) is 5.82 Å². The second-order valence-corrected chi connectivity index (χ2v) is 6.03. The molecule has 1 N–H and O–H groups in total. The summed E-state index contributed by atoms with van der Waals surface area (Å²) in [6, 6.07) is 14.4. The monoisotopic (exact) mass is 344 g/mol. The van der Waals surface area contributed by atoms with Crippen LogP contribution in [0.4, 0.5) is 4.39 Å². The molecule has 0 saturated carbocycles. The number of rotatable bonds is 9. The molecular weight excluding hydrogens is 319 g/mol. The lowest BCUT2D eigenvalue weighted by atomic mass is 10.1. The van der Waals surface area contributed by atoms with E-state index in [4.69, 9.17) is 4.74 Å². The average molecular weight is 344 g/mol. The Bertz CT molecular complexity index is 674. The van der Waals surface area contributed by atoms with Crippen molar-refractivity contribution in [3.8, 4) is 0 Å². The highest BCUT2D eigenvalue weighted by atomic mass is 19.1. The van der Waals surface area contributed by atoms with Crippen LogP contribution in [0.1, 0.15) is 23.6 Å². The van der Waals surface area contributed by atoms with Crippen LogP contribution in [0.25, 0.3) is 0 Å². The summed E-state index contributed by atoms with van der Waals surface area (Å²) in [5, 5.41) is 2.90. The van der Waals surface area contributed by atoms with E-state index in [9.17, 15) is 9.18 Å². The van der Waals surface area contributed by atoms with E-state index in [1.54, 1.807) is 6.07 Å². The molecule has 5 heteroatoms. The summed E-state index contributed by atoms with van der Waals surface area (Å²) in [5.41, 5.74) is 3.01. The molecule has 134 valence electrons. The molecule has 0 aliphatic heterocycles. The zero-order valence-corrected chi connectivity index (χ0v) is 14.8. The first kappa shape index (κ1) is 19.1. The molecule has 2 aromatic rings. The third-order valence-corrected chi connectivity index (χ3v) is 3.74. The third-order valence-electron chi connectivity index (χ3n) is 3.74. The number of likely N-dealkylation sites (N-methyl/N-ethyl adjacent to an activating group) is 1. The fraction of sp³-hybridized carbons (Fsp3) is 0.350. The quantitative estimate of drug-likeness (QED) is 0.760. The van der Waals surface area contributed by atoms with Crippen molar-refractivity contribution in [2.24, 2.45) is 0 Å². The van der Waals surface area contributed by atoms with Crippen molar-refractivity contribution in [3.63, 3.8) is 0 Å². The number of carbonyl (C=O) groups excluding carboxylic acids is 1. The van der Waals surface area contributed by atoms with Gasteiger partial charge in [0.1, 0.15) is 5.82 Å². The summed E-state index contributed by atoms with van der Waals surface area (Å²) < 4.78 is 18.5. The highest BCUT2D eigenvalue weighted by molar-refractivity contribution is 5.77. The van der Waals surface area contributed by atoms with E-state index in [0.717, 1.165) is 16.7 Å². The van der Waals surface area contributed by atoms with Gasteiger partial charge in [-0.2, -0.15) is 0 Å². The number of ether oxygens (including phenoxy) is 1. The van der Waals surface area contributed by atoms with Crippen molar-refractivity contribution >= 4 is 5.91 Å². The van der Waals surface area contributed by atoms with Crippen LogP contribution in [0.15, 0.2) is 48.5 Å². The lowest BCUT2D eigenvalue weighted by Crippen LogP contribution is -2.34. The highest BCUT2D eigenvalue weighted by Crippen LogP contribution is 2.07. The minimum atomic E-state index is -0.261. The van der Waals surface area contributed by atoms with E-state index >= 15 is 0 Å². The minimum absolute atomic E-state index is 0.0581. The molecule has 0 saturated heterocycles. The fourth-order valence-electron chi connectivity index (χ4n) is 2.48. The van der Waals surface area contributed by atoms with Crippen molar-refractivity contribution in [2.75, 3.05) is 20.2 Å². The van der Waals surface area contributed by atoms with Gasteiger partial charge >= 0.3 is 0 Å². The molecule has 0 heterocycles. The number of carbonyl (C=O) groups is 1. The number of nitrogens with zero attached hydrogens (tertiary/aromatic N) is 1. The topological polar surface area (TPSA) is 41.6 Å². The highest BCUT2D eigenvalue weighted by Gasteiger charge is 2.07. The van der Waals surface area contributed by atoms with Crippen molar-refractivity contribution < 1.29 is 13.9 Å². The van der Waals surface area contributed by atoms with Crippen molar-refractivity contribution in [1.82, 2.24) is 10.2 Å². The number of nitrogens with one attached hydrogen (secondary N) is 1. The van der Waals surface area contributed by atoms with Crippen LogP contribution in [-0.4, -0.2) is 31.0 Å². The number of benzene rings is 2. The molecule has 2 aromatic carbocycles. The molecule has 0 fully saturated rings. The summed E-state index contributed by atoms with van der Waals surface area (Å²) in [6.45, 7) is 4.54. The van der Waals surface area contributed by atoms with Crippen molar-refractivity contribution in [2.45, 2.75) is 26.6 Å². The number of hydrogen-bond donors (Lipinski definition) is 1. The molecule has 25 heavy (non-hydrogen) atoms. The zero-order valence-electron chi connectivity index (χ0n) is 14.8. The number of halogens is 1. The molecule has 0 aromatic heterocycles. The molecule has 0 bridgehead atoms. The van der Waals surface area contributed by atoms with Gasteiger partial charge in [-0.25, -0.2) is 4.39 Å². The Labute approximate surface area is 148 Å². The van der Waals surface area contributed by atoms with E-state index in [-0.39, 0.29) is 18.3 Å². The van der Waals surface area contributed by atoms with E-state index in [1.165, 1.54) is 12.1 Å². The number of hydrogen-bond acceptors (Lipinski definition) is 3. The summed E-state index contributed by atoms with van der Waals surface area (Å²) in [6.07, 6.45) is 0. The Kier molecular flexibility index (Phi) is 7.57. The molecule has 4 nitrogen and oxygen atoms in total. The van der Waals surface area contributed by atoms with E-state index in [2.05, 4.69) is 5.32 Å². The van der Waals surface area contributed by atoms with Gasteiger partial charge < -0.3 is 10.1 Å². The summed E-state index contributed by atoms with van der Waals surface area (Å²) >= 11 is 0. The molecule has 1 amide bonds. The van der Waals surface area contributed by atoms with Gasteiger partial charge in [0.05, 0.1) is 13.2 Å². The maximum Gasteiger partial charge on any atom is 0.234 e. The van der Waals surface area contributed by atoms with Crippen LogP contribution < -0.4 is 5.32 Å². The molecule has 0 unspecified atom stereocenters. The van der Waals surface area contributed by atoms with Crippen LogP contribution in [0.2, 0.25) is 0 Å². The largest absolute Gasteiger partial charge is 0.377 e. The van der Waals surface area contributed by atoms with Gasteiger partial charge in [0.15, 0.2) is 0 Å². The molecule has 0 aliphatic carbocycles. The summed E-state index contributed by atoms with van der Waals surface area (Å²) in [7, 11) is 1.84. The predicted molar refractivity (Wildman–Crippen MR) is 96.4 cm³/mol. The van der Waals surface area contributed by atoms with Crippen LogP contribution in [-0.2, 0) is 29.2 Å². The lowest BCUT2D eigenvalue weighted by molar-refractivity contribution is -0.122. The maximum atomic E-state index is 13.2. The molecule has 0 aliphatic rings. The van der Waals surface area contributed by atoms with E-state index in [1.807, 2.05) is 49.2 Å². The van der Waals surface area contributed by atoms with E-state index < -0.39 is 0 Å². The Morgan fingerprint density at radius 3 is 2.52 bits per heavy atom. The van der Waals surface area contributed by atoms with Gasteiger partial charge in [-0.3, -0.25) is 9.69 Å². The van der Waals surface area contributed by atoms with Crippen molar-refractivity contribution in [3.05, 3.63) is 71.0 Å². The summed E-state index contributed by atoms with van der Waals surface area (Å²) in [5.74, 6) is -0.319. The Balaban J connectivity index is 1.74. The standard InChI is InChI=1S/C20H25FN2O2/c1-3-25-15-17-9-7-16(8-10-17)12-22-20(24)14-23(2)13-18-5-4-6-19(21)11-18/h4-11H,3,12-15H2,1-2H3,(H,22,24). The van der Waals surface area contributed by atoms with Gasteiger partial charge in [-0.05, 0) is 42.8 Å². The Morgan fingerprint density at radius 2 is 1.84 bits per heavy atom. The molecule has 0 radical (unpaired) electrons. The third kappa shape index (κ3) is 7.03. The average Bonchev–Trinajstić information content (AvgIpc) is 2.59. The van der Waals surface area contributed by atoms with Crippen LogP contribution in [0.5, 0.6) is 0 Å². The first-order valence-corrected chi connectivity index (χ1v) is 8.42. The zero-order chi connectivity index (χ0) is 18.1. The van der Waals surface area contributed by atoms with Gasteiger partial charge in [-0.15, -0.1) is 0 Å². The maximum absolute atomic E-state index is 13.2. The molecule has 0 spiro atoms. The summed E-state index contributed by atoms with van der Waals surface area (Å²) in [4.78, 5) is 13.9. The SMILES string of the molecule is CCOCc1ccc(CNC(=O)CN(C)Cc2cccc(F)c2)cc1. The first-order valence-electron chi connectivity index (χ1n) is 8.42. The molecular formula is C20H25FN2O2. The molecule has 2 rings (SSSR count). The Morgan fingerprint density at radius 1 is 1.12 bits per heavy atom. The number of amides is 1. The van der Waals surface area contributed by atoms with Gasteiger partial charge in [0.25, 0.3) is 0 Å². The van der Waals surface area contributed by atoms with Gasteiger partial charge in [0.2, 0.25) is 5.91 Å². The van der Waals surface area contributed by atoms with Crippen LogP contribution >= 0.6 is 0 Å². The Hall–Kier alpha value is -2.24. The van der Waals surface area contributed by atoms with Gasteiger partial charge in [0, 0.05) is 19.7 Å². The van der Waals surface area contributed by atoms with Gasteiger partial charge in [-0.1, -0.05) is 36.4 Å². The second-order valence-electron chi connectivity index (χ2n) is 6.03. The second kappa shape index (κ2) is 9.91. The first-order chi connectivity index (χ1) is 12.1. The smallest absolute Gasteiger partial charge is 0.234 e. The normalized spacial score (nSPS) is 10.9. The predicted octanol–water partition coefficient (Wildman–Crippen LogP) is 3.11. The lowest BCUT2D eigenvalue weighted by Gasteiger charge is -2.16. The fourth-order valence-corrected chi connectivity index (χ4v) is 2.48. The van der Waals surface area contributed by atoms with Crippen LogP contribution in [0.3, 0.4) is 0 Å². The van der Waals surface area contributed by atoms with Crippen molar-refractivity contribution in [1.29, 1.82) is 0 Å².